The van der Waals surface area contributed by atoms with Gasteiger partial charge in [-0.15, -0.1) is 0 Å². The number of hydrogen-bond donors (Lipinski definition) is 1. The molecule has 0 saturated heterocycles. The number of ether oxygens (including phenoxy) is 1. The highest BCUT2D eigenvalue weighted by Crippen LogP contribution is 2.28. The molecule has 1 N–H and O–H groups in total. The summed E-state index contributed by atoms with van der Waals surface area (Å²) in [5.41, 5.74) is 2.50. The van der Waals surface area contributed by atoms with Crippen molar-refractivity contribution in [3.05, 3.63) is 65.5 Å². The lowest BCUT2D eigenvalue weighted by molar-refractivity contribution is 0.414. The Morgan fingerprint density at radius 3 is 2.20 bits per heavy atom. The van der Waals surface area contributed by atoms with Gasteiger partial charge >= 0.3 is 0 Å². The van der Waals surface area contributed by atoms with Crippen LogP contribution >= 0.6 is 0 Å². The molecular weight excluding hydrogens is 313 g/mol. The van der Waals surface area contributed by atoms with E-state index in [9.17, 15) is 4.39 Å². The first-order valence-electron chi connectivity index (χ1n) is 9.17. The van der Waals surface area contributed by atoms with E-state index in [-0.39, 0.29) is 5.82 Å². The van der Waals surface area contributed by atoms with Gasteiger partial charge in [0, 0.05) is 6.54 Å². The van der Waals surface area contributed by atoms with Crippen LogP contribution in [0.3, 0.4) is 0 Å². The van der Waals surface area contributed by atoms with Gasteiger partial charge in [-0.1, -0.05) is 44.5 Å². The van der Waals surface area contributed by atoms with Gasteiger partial charge in [-0.05, 0) is 66.6 Å². The first-order chi connectivity index (χ1) is 12.1. The van der Waals surface area contributed by atoms with Crippen molar-refractivity contribution in [2.75, 3.05) is 13.7 Å². The van der Waals surface area contributed by atoms with Gasteiger partial charge < -0.3 is 10.1 Å². The zero-order chi connectivity index (χ0) is 18.1. The molecule has 0 spiro atoms. The SMILES string of the molecule is COc1ccc(C(CCNCc2ccc(F)cc2)CCC(C)C)cc1. The van der Waals surface area contributed by atoms with Crippen LogP contribution in [0.1, 0.15) is 50.2 Å². The number of benzene rings is 2. The Morgan fingerprint density at radius 1 is 0.920 bits per heavy atom. The van der Waals surface area contributed by atoms with Crippen LogP contribution in [0, 0.1) is 11.7 Å². The molecule has 1 atom stereocenters. The molecular formula is C22H30FNO. The molecule has 2 aromatic carbocycles. The fourth-order valence-electron chi connectivity index (χ4n) is 3.00. The van der Waals surface area contributed by atoms with Crippen LogP contribution in [0.4, 0.5) is 4.39 Å². The predicted octanol–water partition coefficient (Wildman–Crippen LogP) is 5.53. The predicted molar refractivity (Wildman–Crippen MR) is 103 cm³/mol. The van der Waals surface area contributed by atoms with E-state index in [1.54, 1.807) is 7.11 Å². The molecule has 1 unspecified atom stereocenters. The number of hydrogen-bond acceptors (Lipinski definition) is 2. The first kappa shape index (κ1) is 19.5. The molecule has 0 aliphatic rings. The van der Waals surface area contributed by atoms with Crippen LogP contribution in [0.15, 0.2) is 48.5 Å². The minimum Gasteiger partial charge on any atom is -0.497 e. The second-order valence-electron chi connectivity index (χ2n) is 7.03. The average molecular weight is 343 g/mol. The standard InChI is InChI=1S/C22H30FNO/c1-17(2)4-7-20(19-8-12-22(25-3)13-9-19)14-15-24-16-18-5-10-21(23)11-6-18/h5-6,8-13,17,20,24H,4,7,14-16H2,1-3H3. The van der Waals surface area contributed by atoms with Gasteiger partial charge in [-0.25, -0.2) is 4.39 Å². The molecule has 0 heterocycles. The highest BCUT2D eigenvalue weighted by molar-refractivity contribution is 5.29. The summed E-state index contributed by atoms with van der Waals surface area (Å²) in [5.74, 6) is 1.99. The second-order valence-corrected chi connectivity index (χ2v) is 7.03. The summed E-state index contributed by atoms with van der Waals surface area (Å²) in [4.78, 5) is 0. The summed E-state index contributed by atoms with van der Waals surface area (Å²) in [5, 5.41) is 3.48. The molecule has 0 aromatic heterocycles. The molecule has 0 saturated carbocycles. The maximum absolute atomic E-state index is 12.9. The van der Waals surface area contributed by atoms with Gasteiger partial charge in [-0.2, -0.15) is 0 Å². The van der Waals surface area contributed by atoms with Crippen LogP contribution in [-0.2, 0) is 6.54 Å². The van der Waals surface area contributed by atoms with Crippen molar-refractivity contribution >= 4 is 0 Å². The normalized spacial score (nSPS) is 12.4. The van der Waals surface area contributed by atoms with E-state index >= 15 is 0 Å². The lowest BCUT2D eigenvalue weighted by atomic mass is 9.88. The van der Waals surface area contributed by atoms with E-state index in [0.717, 1.165) is 30.8 Å². The van der Waals surface area contributed by atoms with Crippen LogP contribution in [0.5, 0.6) is 5.75 Å². The van der Waals surface area contributed by atoms with E-state index < -0.39 is 0 Å². The van der Waals surface area contributed by atoms with Crippen molar-refractivity contribution in [2.24, 2.45) is 5.92 Å². The first-order valence-corrected chi connectivity index (χ1v) is 9.17. The third-order valence-corrected chi connectivity index (χ3v) is 4.59. The summed E-state index contributed by atoms with van der Waals surface area (Å²) in [6.45, 7) is 6.28. The van der Waals surface area contributed by atoms with Crippen molar-refractivity contribution in [1.29, 1.82) is 0 Å². The third kappa shape index (κ3) is 6.87. The Bertz CT molecular complexity index is 607. The highest BCUT2D eigenvalue weighted by atomic mass is 19.1. The highest BCUT2D eigenvalue weighted by Gasteiger charge is 2.12. The number of nitrogens with one attached hydrogen (secondary N) is 1. The summed E-state index contributed by atoms with van der Waals surface area (Å²) in [7, 11) is 1.70. The van der Waals surface area contributed by atoms with Gasteiger partial charge in [0.2, 0.25) is 0 Å². The van der Waals surface area contributed by atoms with Gasteiger partial charge in [0.1, 0.15) is 11.6 Å². The topological polar surface area (TPSA) is 21.3 Å². The lowest BCUT2D eigenvalue weighted by Gasteiger charge is -2.19. The number of methoxy groups -OCH3 is 1. The lowest BCUT2D eigenvalue weighted by Crippen LogP contribution is -2.17. The maximum Gasteiger partial charge on any atom is 0.123 e. The van der Waals surface area contributed by atoms with Gasteiger partial charge in [0.05, 0.1) is 7.11 Å². The summed E-state index contributed by atoms with van der Waals surface area (Å²) in [6.07, 6.45) is 3.52. The van der Waals surface area contributed by atoms with Crippen LogP contribution in [-0.4, -0.2) is 13.7 Å². The third-order valence-electron chi connectivity index (χ3n) is 4.59. The van der Waals surface area contributed by atoms with E-state index in [0.29, 0.717) is 11.8 Å². The van der Waals surface area contributed by atoms with E-state index in [2.05, 4.69) is 31.3 Å². The minimum absolute atomic E-state index is 0.183. The number of rotatable bonds is 10. The fraction of sp³-hybridized carbons (Fsp3) is 0.455. The molecule has 0 aliphatic carbocycles. The van der Waals surface area contributed by atoms with Gasteiger partial charge in [-0.3, -0.25) is 0 Å². The molecule has 2 rings (SSSR count). The van der Waals surface area contributed by atoms with Gasteiger partial charge in [0.15, 0.2) is 0 Å². The molecule has 2 aromatic rings. The summed E-state index contributed by atoms with van der Waals surface area (Å²) >= 11 is 0. The van der Waals surface area contributed by atoms with Crippen LogP contribution < -0.4 is 10.1 Å². The quantitative estimate of drug-likeness (QED) is 0.572. The van der Waals surface area contributed by atoms with E-state index in [4.69, 9.17) is 4.74 Å². The Kier molecular flexibility index (Phi) is 7.93. The Morgan fingerprint density at radius 2 is 1.60 bits per heavy atom. The molecule has 0 radical (unpaired) electrons. The van der Waals surface area contributed by atoms with Crippen molar-refractivity contribution in [1.82, 2.24) is 5.32 Å². The molecule has 0 fully saturated rings. The van der Waals surface area contributed by atoms with Gasteiger partial charge in [0.25, 0.3) is 0 Å². The molecule has 25 heavy (non-hydrogen) atoms. The molecule has 3 heteroatoms. The Balaban J connectivity index is 1.87. The largest absolute Gasteiger partial charge is 0.497 e. The van der Waals surface area contributed by atoms with Crippen molar-refractivity contribution in [2.45, 2.75) is 45.6 Å². The van der Waals surface area contributed by atoms with Crippen molar-refractivity contribution in [3.63, 3.8) is 0 Å². The molecule has 0 amide bonds. The monoisotopic (exact) mass is 343 g/mol. The Hall–Kier alpha value is -1.87. The summed E-state index contributed by atoms with van der Waals surface area (Å²) in [6, 6.07) is 15.2. The fourth-order valence-corrected chi connectivity index (χ4v) is 3.00. The van der Waals surface area contributed by atoms with Crippen LogP contribution in [0.2, 0.25) is 0 Å². The molecule has 2 nitrogen and oxygen atoms in total. The zero-order valence-electron chi connectivity index (χ0n) is 15.6. The molecule has 0 aliphatic heterocycles. The molecule has 136 valence electrons. The minimum atomic E-state index is -0.183. The molecule has 0 bridgehead atoms. The van der Waals surface area contributed by atoms with Crippen molar-refractivity contribution < 1.29 is 9.13 Å². The van der Waals surface area contributed by atoms with E-state index in [1.807, 2.05) is 24.3 Å². The number of halogens is 1. The summed E-state index contributed by atoms with van der Waals surface area (Å²) < 4.78 is 18.2. The Labute approximate surface area is 151 Å². The smallest absolute Gasteiger partial charge is 0.123 e. The van der Waals surface area contributed by atoms with Crippen LogP contribution in [0.25, 0.3) is 0 Å². The van der Waals surface area contributed by atoms with Crippen molar-refractivity contribution in [3.8, 4) is 5.75 Å². The average Bonchev–Trinajstić information content (AvgIpc) is 2.62. The van der Waals surface area contributed by atoms with E-state index in [1.165, 1.54) is 30.5 Å². The second kappa shape index (κ2) is 10.2. The maximum atomic E-state index is 12.9. The zero-order valence-corrected chi connectivity index (χ0v) is 15.6.